The van der Waals surface area contributed by atoms with E-state index in [1.54, 1.807) is 18.2 Å². The van der Waals surface area contributed by atoms with Gasteiger partial charge in [0.2, 0.25) is 0 Å². The number of rotatable bonds is 3. The zero-order valence-corrected chi connectivity index (χ0v) is 12.9. The Bertz CT molecular complexity index is 678. The maximum absolute atomic E-state index is 12.3. The molecule has 0 spiro atoms. The Morgan fingerprint density at radius 3 is 2.38 bits per heavy atom. The van der Waals surface area contributed by atoms with Gasteiger partial charge in [-0.15, -0.1) is 0 Å². The van der Waals surface area contributed by atoms with Crippen LogP contribution in [0.15, 0.2) is 36.4 Å². The van der Waals surface area contributed by atoms with Crippen molar-refractivity contribution >= 4 is 23.0 Å². The summed E-state index contributed by atoms with van der Waals surface area (Å²) in [6, 6.07) is 11.2. The van der Waals surface area contributed by atoms with Gasteiger partial charge in [0.1, 0.15) is 0 Å². The zero-order valence-electron chi connectivity index (χ0n) is 12.9. The van der Waals surface area contributed by atoms with Gasteiger partial charge in [0.15, 0.2) is 0 Å². The van der Waals surface area contributed by atoms with Crippen LogP contribution >= 0.6 is 0 Å². The van der Waals surface area contributed by atoms with E-state index in [-0.39, 0.29) is 5.91 Å². The molecule has 3 N–H and O–H groups in total. The number of carbonyl (C=O) groups excluding carboxylic acids is 1. The zero-order chi connectivity index (χ0) is 15.6. The molecular weight excluding hydrogens is 262 g/mol. The first-order chi connectivity index (χ1) is 9.88. The van der Waals surface area contributed by atoms with E-state index in [1.165, 1.54) is 5.56 Å². The minimum absolute atomic E-state index is 0.133. The lowest BCUT2D eigenvalue weighted by Crippen LogP contribution is -2.14. The maximum atomic E-state index is 12.3. The van der Waals surface area contributed by atoms with Crippen molar-refractivity contribution in [1.29, 1.82) is 0 Å². The fourth-order valence-corrected chi connectivity index (χ4v) is 2.19. The molecule has 0 aromatic heterocycles. The highest BCUT2D eigenvalue weighted by Gasteiger charge is 2.09. The highest BCUT2D eigenvalue weighted by atomic mass is 16.1. The molecule has 0 aliphatic rings. The molecule has 0 aliphatic heterocycles. The van der Waals surface area contributed by atoms with Gasteiger partial charge in [0.25, 0.3) is 5.91 Å². The predicted molar refractivity (Wildman–Crippen MR) is 89.1 cm³/mol. The third kappa shape index (κ3) is 3.34. The van der Waals surface area contributed by atoms with E-state index >= 15 is 0 Å². The largest absolute Gasteiger partial charge is 0.399 e. The first kappa shape index (κ1) is 14.9. The average Bonchev–Trinajstić information content (AvgIpc) is 2.43. The Morgan fingerprint density at radius 1 is 1.05 bits per heavy atom. The van der Waals surface area contributed by atoms with E-state index in [1.807, 2.05) is 51.0 Å². The number of hydrogen-bond donors (Lipinski definition) is 2. The molecule has 0 radical (unpaired) electrons. The lowest BCUT2D eigenvalue weighted by atomic mass is 10.1. The number of amides is 1. The van der Waals surface area contributed by atoms with Crippen LogP contribution in [0, 0.1) is 13.8 Å². The SMILES string of the molecule is Cc1cc(C(=O)Nc2ccc(C)c(N(C)C)c2)ccc1N. The summed E-state index contributed by atoms with van der Waals surface area (Å²) < 4.78 is 0. The summed E-state index contributed by atoms with van der Waals surface area (Å²) in [7, 11) is 3.97. The molecule has 0 atom stereocenters. The normalized spacial score (nSPS) is 10.3. The highest BCUT2D eigenvalue weighted by molar-refractivity contribution is 6.04. The van der Waals surface area contributed by atoms with E-state index in [9.17, 15) is 4.79 Å². The standard InChI is InChI=1S/C17H21N3O/c1-11-5-7-14(10-16(11)20(3)4)19-17(21)13-6-8-15(18)12(2)9-13/h5-10H,18H2,1-4H3,(H,19,21). The van der Waals surface area contributed by atoms with Crippen molar-refractivity contribution < 1.29 is 4.79 Å². The number of anilines is 3. The molecule has 4 heteroatoms. The van der Waals surface area contributed by atoms with E-state index in [2.05, 4.69) is 5.32 Å². The van der Waals surface area contributed by atoms with Gasteiger partial charge < -0.3 is 16.0 Å². The van der Waals surface area contributed by atoms with Crippen molar-refractivity contribution in [1.82, 2.24) is 0 Å². The van der Waals surface area contributed by atoms with Crippen molar-refractivity contribution in [2.24, 2.45) is 0 Å². The molecular formula is C17H21N3O. The number of aryl methyl sites for hydroxylation is 2. The summed E-state index contributed by atoms with van der Waals surface area (Å²) >= 11 is 0. The quantitative estimate of drug-likeness (QED) is 0.850. The predicted octanol–water partition coefficient (Wildman–Crippen LogP) is 3.20. The minimum atomic E-state index is -0.133. The molecule has 110 valence electrons. The first-order valence-corrected chi connectivity index (χ1v) is 6.84. The van der Waals surface area contributed by atoms with E-state index < -0.39 is 0 Å². The van der Waals surface area contributed by atoms with Crippen molar-refractivity contribution in [3.63, 3.8) is 0 Å². The summed E-state index contributed by atoms with van der Waals surface area (Å²) in [6.07, 6.45) is 0. The van der Waals surface area contributed by atoms with Crippen LogP contribution in [0.4, 0.5) is 17.1 Å². The summed E-state index contributed by atoms with van der Waals surface area (Å²) in [5.41, 5.74) is 11.0. The third-order valence-corrected chi connectivity index (χ3v) is 3.48. The van der Waals surface area contributed by atoms with E-state index in [4.69, 9.17) is 5.73 Å². The Labute approximate surface area is 125 Å². The van der Waals surface area contributed by atoms with Crippen molar-refractivity contribution in [3.8, 4) is 0 Å². The number of nitrogens with one attached hydrogen (secondary N) is 1. The van der Waals surface area contributed by atoms with Crippen LogP contribution in [0.25, 0.3) is 0 Å². The summed E-state index contributed by atoms with van der Waals surface area (Å²) in [5.74, 6) is -0.133. The number of carbonyl (C=O) groups is 1. The van der Waals surface area contributed by atoms with Gasteiger partial charge in [-0.25, -0.2) is 0 Å². The number of nitrogen functional groups attached to an aromatic ring is 1. The number of benzene rings is 2. The van der Waals surface area contributed by atoms with Crippen molar-refractivity contribution in [2.45, 2.75) is 13.8 Å². The maximum Gasteiger partial charge on any atom is 0.255 e. The highest BCUT2D eigenvalue weighted by Crippen LogP contribution is 2.23. The lowest BCUT2D eigenvalue weighted by Gasteiger charge is -2.17. The fraction of sp³-hybridized carbons (Fsp3) is 0.235. The Morgan fingerprint density at radius 2 is 1.76 bits per heavy atom. The van der Waals surface area contributed by atoms with Gasteiger partial charge in [-0.3, -0.25) is 4.79 Å². The average molecular weight is 283 g/mol. The molecule has 0 aliphatic carbocycles. The Kier molecular flexibility index (Phi) is 4.17. The van der Waals surface area contributed by atoms with Crippen molar-refractivity contribution in [2.75, 3.05) is 30.0 Å². The number of nitrogens with zero attached hydrogens (tertiary/aromatic N) is 1. The minimum Gasteiger partial charge on any atom is -0.399 e. The van der Waals surface area contributed by atoms with E-state index in [0.717, 1.165) is 16.9 Å². The molecule has 1 amide bonds. The molecule has 0 saturated carbocycles. The van der Waals surface area contributed by atoms with Gasteiger partial charge >= 0.3 is 0 Å². The monoisotopic (exact) mass is 283 g/mol. The Balaban J connectivity index is 2.23. The van der Waals surface area contributed by atoms with Gasteiger partial charge in [0, 0.05) is 36.7 Å². The van der Waals surface area contributed by atoms with Crippen LogP contribution in [0.5, 0.6) is 0 Å². The Hall–Kier alpha value is -2.49. The smallest absolute Gasteiger partial charge is 0.255 e. The molecule has 4 nitrogen and oxygen atoms in total. The summed E-state index contributed by atoms with van der Waals surface area (Å²) in [4.78, 5) is 14.3. The van der Waals surface area contributed by atoms with Crippen LogP contribution in [0.2, 0.25) is 0 Å². The molecule has 21 heavy (non-hydrogen) atoms. The fourth-order valence-electron chi connectivity index (χ4n) is 2.19. The van der Waals surface area contributed by atoms with Gasteiger partial charge in [-0.1, -0.05) is 6.07 Å². The topological polar surface area (TPSA) is 58.4 Å². The molecule has 2 aromatic carbocycles. The second kappa shape index (κ2) is 5.87. The molecule has 2 aromatic rings. The van der Waals surface area contributed by atoms with E-state index in [0.29, 0.717) is 11.3 Å². The van der Waals surface area contributed by atoms with Crippen LogP contribution in [0.1, 0.15) is 21.5 Å². The summed E-state index contributed by atoms with van der Waals surface area (Å²) in [5, 5.41) is 2.92. The molecule has 0 saturated heterocycles. The molecule has 0 bridgehead atoms. The van der Waals surface area contributed by atoms with Gasteiger partial charge in [-0.05, 0) is 55.3 Å². The molecule has 0 fully saturated rings. The lowest BCUT2D eigenvalue weighted by molar-refractivity contribution is 0.102. The third-order valence-electron chi connectivity index (χ3n) is 3.48. The molecule has 0 unspecified atom stereocenters. The molecule has 0 heterocycles. The van der Waals surface area contributed by atoms with Crippen LogP contribution in [-0.2, 0) is 0 Å². The second-order valence-electron chi connectivity index (χ2n) is 5.42. The van der Waals surface area contributed by atoms with Crippen LogP contribution in [-0.4, -0.2) is 20.0 Å². The number of hydrogen-bond acceptors (Lipinski definition) is 3. The molecule has 2 rings (SSSR count). The van der Waals surface area contributed by atoms with Gasteiger partial charge in [-0.2, -0.15) is 0 Å². The number of nitrogens with two attached hydrogens (primary N) is 1. The van der Waals surface area contributed by atoms with Crippen LogP contribution in [0.3, 0.4) is 0 Å². The van der Waals surface area contributed by atoms with Gasteiger partial charge in [0.05, 0.1) is 0 Å². The van der Waals surface area contributed by atoms with Crippen LogP contribution < -0.4 is 16.0 Å². The second-order valence-corrected chi connectivity index (χ2v) is 5.42. The summed E-state index contributed by atoms with van der Waals surface area (Å²) in [6.45, 7) is 3.94. The first-order valence-electron chi connectivity index (χ1n) is 6.84. The van der Waals surface area contributed by atoms with Crippen molar-refractivity contribution in [3.05, 3.63) is 53.1 Å².